The van der Waals surface area contributed by atoms with E-state index in [0.717, 1.165) is 10.9 Å². The first kappa shape index (κ1) is 21.9. The van der Waals surface area contributed by atoms with Crippen LogP contribution in [-0.4, -0.2) is 36.5 Å². The molecule has 0 spiro atoms. The summed E-state index contributed by atoms with van der Waals surface area (Å²) in [4.78, 5) is 22.6. The van der Waals surface area contributed by atoms with Gasteiger partial charge in [0.05, 0.1) is 11.6 Å². The number of aromatic hydroxyl groups is 1. The van der Waals surface area contributed by atoms with Gasteiger partial charge < -0.3 is 25.4 Å². The number of aromatic amines is 1. The Morgan fingerprint density at radius 1 is 1.27 bits per heavy atom. The number of fused-ring (bicyclic) bond motifs is 1. The van der Waals surface area contributed by atoms with Crippen LogP contribution in [0.1, 0.15) is 32.4 Å². The lowest BCUT2D eigenvalue weighted by molar-refractivity contribution is -0.122. The topological polar surface area (TPSA) is 126 Å². The molecular formula is C18H28N2O5Si. The Morgan fingerprint density at radius 2 is 1.85 bits per heavy atom. The largest absolute Gasteiger partial charge is 0.506 e. The second-order valence-electron chi connectivity index (χ2n) is 7.49. The van der Waals surface area contributed by atoms with Gasteiger partial charge in [-0.25, -0.2) is 0 Å². The molecule has 1 unspecified atom stereocenters. The van der Waals surface area contributed by atoms with Crippen molar-refractivity contribution in [3.8, 4) is 5.75 Å². The molecular weight excluding hydrogens is 352 g/mol. The molecule has 1 aromatic carbocycles. The van der Waals surface area contributed by atoms with Gasteiger partial charge in [-0.05, 0) is 35.8 Å². The Morgan fingerprint density at radius 3 is 2.35 bits per heavy atom. The number of benzene rings is 1. The van der Waals surface area contributed by atoms with E-state index in [0.29, 0.717) is 12.1 Å². The summed E-state index contributed by atoms with van der Waals surface area (Å²) in [5.74, 6) is 0.0459. The third-order valence-corrected chi connectivity index (χ3v) is 9.20. The van der Waals surface area contributed by atoms with Crippen LogP contribution < -0.4 is 11.3 Å². The predicted octanol–water partition coefficient (Wildman–Crippen LogP) is 2.96. The zero-order valence-corrected chi connectivity index (χ0v) is 16.9. The Bertz CT molecular complexity index is 811. The number of hydrogen-bond donors (Lipinski definition) is 4. The second kappa shape index (κ2) is 8.48. The molecule has 0 radical (unpaired) electrons. The molecule has 0 bridgehead atoms. The van der Waals surface area contributed by atoms with Gasteiger partial charge in [-0.1, -0.05) is 26.8 Å². The van der Waals surface area contributed by atoms with Gasteiger partial charge in [0.1, 0.15) is 5.75 Å². The summed E-state index contributed by atoms with van der Waals surface area (Å²) in [6, 6.07) is 6.55. The van der Waals surface area contributed by atoms with Crippen LogP contribution in [0, 0.1) is 0 Å². The molecule has 144 valence electrons. The highest BCUT2D eigenvalue weighted by molar-refractivity contribution is 6.74. The van der Waals surface area contributed by atoms with Gasteiger partial charge in [0.2, 0.25) is 5.56 Å². The second-order valence-corrected chi connectivity index (χ2v) is 12.2. The molecule has 0 fully saturated rings. The van der Waals surface area contributed by atoms with Crippen LogP contribution in [-0.2, 0) is 9.22 Å². The van der Waals surface area contributed by atoms with Crippen LogP contribution >= 0.6 is 0 Å². The Labute approximate surface area is 153 Å². The van der Waals surface area contributed by atoms with Crippen LogP contribution in [0.15, 0.2) is 29.1 Å². The minimum Gasteiger partial charge on any atom is -0.506 e. The summed E-state index contributed by atoms with van der Waals surface area (Å²) in [5.41, 5.74) is 7.04. The van der Waals surface area contributed by atoms with E-state index >= 15 is 0 Å². The highest BCUT2D eigenvalue weighted by Crippen LogP contribution is 2.40. The van der Waals surface area contributed by atoms with Gasteiger partial charge in [0, 0.05) is 18.0 Å². The number of rotatable bonds is 4. The van der Waals surface area contributed by atoms with E-state index in [1.165, 1.54) is 6.07 Å². The smallest absolute Gasteiger partial charge is 0.290 e. The van der Waals surface area contributed by atoms with Crippen molar-refractivity contribution in [2.75, 3.05) is 6.54 Å². The lowest BCUT2D eigenvalue weighted by Crippen LogP contribution is -2.43. The number of phenolic OH excluding ortho intramolecular Hbond substituents is 1. The van der Waals surface area contributed by atoms with Crippen LogP contribution in [0.25, 0.3) is 10.9 Å². The van der Waals surface area contributed by atoms with Gasteiger partial charge in [-0.2, -0.15) is 0 Å². The maximum Gasteiger partial charge on any atom is 0.290 e. The van der Waals surface area contributed by atoms with E-state index in [9.17, 15) is 9.90 Å². The number of phenols is 1. The highest BCUT2D eigenvalue weighted by atomic mass is 28.4. The van der Waals surface area contributed by atoms with Crippen molar-refractivity contribution in [2.24, 2.45) is 5.73 Å². The Hall–Kier alpha value is -2.16. The molecule has 0 aliphatic carbocycles. The fourth-order valence-corrected chi connectivity index (χ4v) is 3.60. The van der Waals surface area contributed by atoms with Crippen molar-refractivity contribution < 1.29 is 19.4 Å². The Kier molecular flexibility index (Phi) is 7.14. The van der Waals surface area contributed by atoms with Crippen LogP contribution in [0.2, 0.25) is 18.1 Å². The third-order valence-electron chi connectivity index (χ3n) is 4.71. The molecule has 0 saturated heterocycles. The Balaban J connectivity index is 0.00000105. The summed E-state index contributed by atoms with van der Waals surface area (Å²) in [6.07, 6.45) is -0.273. The van der Waals surface area contributed by atoms with E-state index in [-0.39, 0.29) is 28.9 Å². The van der Waals surface area contributed by atoms with Crippen molar-refractivity contribution >= 4 is 25.7 Å². The SMILES string of the molecule is CC(C)(C)[Si](C)(C)OC(CN)c1ccc(O)c2[nH]c(=O)ccc12.O=CO. The van der Waals surface area contributed by atoms with Crippen molar-refractivity contribution in [1.82, 2.24) is 4.98 Å². The number of hydrogen-bond acceptors (Lipinski definition) is 5. The quantitative estimate of drug-likeness (QED) is 0.477. The molecule has 1 heterocycles. The molecule has 0 saturated carbocycles. The summed E-state index contributed by atoms with van der Waals surface area (Å²) in [5, 5.41) is 17.7. The fraction of sp³-hybridized carbons (Fsp3) is 0.444. The third kappa shape index (κ3) is 4.93. The van der Waals surface area contributed by atoms with Crippen molar-refractivity contribution in [3.05, 3.63) is 40.2 Å². The molecule has 2 rings (SSSR count). The normalized spacial score (nSPS) is 13.0. The average molecular weight is 381 g/mol. The van der Waals surface area contributed by atoms with Crippen molar-refractivity contribution in [2.45, 2.75) is 45.0 Å². The number of carbonyl (C=O) groups is 1. The van der Waals surface area contributed by atoms with Crippen molar-refractivity contribution in [3.63, 3.8) is 0 Å². The molecule has 2 aromatic rings. The molecule has 1 aromatic heterocycles. The standard InChI is InChI=1S/C17H26N2O3Si.CH2O2/c1-17(2,3)23(4,5)22-14(10-18)11-6-8-13(20)16-12(11)7-9-15(21)19-16;2-1-3/h6-9,14,20H,10,18H2,1-5H3,(H,19,21);1H,(H,2,3). The zero-order valence-electron chi connectivity index (χ0n) is 15.9. The van der Waals surface area contributed by atoms with Gasteiger partial charge in [-0.15, -0.1) is 0 Å². The molecule has 26 heavy (non-hydrogen) atoms. The number of aromatic nitrogens is 1. The summed E-state index contributed by atoms with van der Waals surface area (Å²) >= 11 is 0. The molecule has 7 nitrogen and oxygen atoms in total. The van der Waals surface area contributed by atoms with Gasteiger partial charge in [0.15, 0.2) is 8.32 Å². The average Bonchev–Trinajstić information content (AvgIpc) is 2.53. The lowest BCUT2D eigenvalue weighted by Gasteiger charge is -2.39. The summed E-state index contributed by atoms with van der Waals surface area (Å²) in [7, 11) is -2.00. The first-order valence-corrected chi connectivity index (χ1v) is 11.2. The molecule has 0 amide bonds. The molecule has 8 heteroatoms. The van der Waals surface area contributed by atoms with E-state index in [1.807, 2.05) is 6.07 Å². The zero-order chi connectivity index (χ0) is 20.1. The summed E-state index contributed by atoms with van der Waals surface area (Å²) < 4.78 is 6.46. The number of carboxylic acid groups (broad SMARTS) is 1. The minimum atomic E-state index is -2.00. The number of H-pyrrole nitrogens is 1. The van der Waals surface area contributed by atoms with Gasteiger partial charge in [0.25, 0.3) is 6.47 Å². The molecule has 0 aliphatic heterocycles. The van der Waals surface area contributed by atoms with Crippen LogP contribution in [0.4, 0.5) is 0 Å². The van der Waals surface area contributed by atoms with E-state index < -0.39 is 8.32 Å². The number of nitrogens with two attached hydrogens (primary N) is 1. The number of nitrogens with one attached hydrogen (secondary N) is 1. The molecule has 1 atom stereocenters. The van der Waals surface area contributed by atoms with Gasteiger partial charge >= 0.3 is 0 Å². The first-order valence-electron chi connectivity index (χ1n) is 8.29. The monoisotopic (exact) mass is 380 g/mol. The predicted molar refractivity (Wildman–Crippen MR) is 105 cm³/mol. The maximum atomic E-state index is 11.5. The van der Waals surface area contributed by atoms with E-state index in [4.69, 9.17) is 20.1 Å². The number of pyridine rings is 1. The molecule has 0 aliphatic rings. The van der Waals surface area contributed by atoms with Crippen molar-refractivity contribution in [1.29, 1.82) is 0 Å². The summed E-state index contributed by atoms with van der Waals surface area (Å²) in [6.45, 7) is 11.0. The highest BCUT2D eigenvalue weighted by Gasteiger charge is 2.39. The maximum absolute atomic E-state index is 11.5. The van der Waals surface area contributed by atoms with E-state index in [2.05, 4.69) is 38.8 Å². The lowest BCUT2D eigenvalue weighted by atomic mass is 10.0. The molecule has 5 N–H and O–H groups in total. The fourth-order valence-electron chi connectivity index (χ4n) is 2.31. The van der Waals surface area contributed by atoms with E-state index in [1.54, 1.807) is 12.1 Å². The van der Waals surface area contributed by atoms with Crippen LogP contribution in [0.5, 0.6) is 5.75 Å². The van der Waals surface area contributed by atoms with Gasteiger partial charge in [-0.3, -0.25) is 9.59 Å². The first-order chi connectivity index (χ1) is 12.0. The minimum absolute atomic E-state index is 0.0459. The van der Waals surface area contributed by atoms with Crippen LogP contribution in [0.3, 0.4) is 0 Å².